The third-order valence-corrected chi connectivity index (χ3v) is 2.84. The molecule has 0 aliphatic carbocycles. The minimum absolute atomic E-state index is 0.0455. The first kappa shape index (κ1) is 11.7. The van der Waals surface area contributed by atoms with Crippen LogP contribution >= 0.6 is 0 Å². The van der Waals surface area contributed by atoms with Crippen LogP contribution in [0.25, 0.3) is 10.9 Å². The van der Waals surface area contributed by atoms with E-state index in [1.807, 2.05) is 24.3 Å². The van der Waals surface area contributed by atoms with Gasteiger partial charge in [0.2, 0.25) is 0 Å². The Balaban J connectivity index is 2.77. The van der Waals surface area contributed by atoms with Crippen LogP contribution in [0.5, 0.6) is 5.75 Å². The van der Waals surface area contributed by atoms with Crippen LogP contribution in [0.2, 0.25) is 0 Å². The molecule has 0 atom stereocenters. The summed E-state index contributed by atoms with van der Waals surface area (Å²) in [6, 6.07) is 7.87. The Labute approximate surface area is 102 Å². The highest BCUT2D eigenvalue weighted by molar-refractivity contribution is 5.86. The van der Waals surface area contributed by atoms with Gasteiger partial charge in [-0.15, -0.1) is 0 Å². The molecule has 0 bridgehead atoms. The van der Waals surface area contributed by atoms with Gasteiger partial charge < -0.3 is 10.5 Å². The molecule has 0 saturated carbocycles. The van der Waals surface area contributed by atoms with Crippen LogP contribution in [0.3, 0.4) is 0 Å². The van der Waals surface area contributed by atoms with E-state index >= 15 is 0 Å². The van der Waals surface area contributed by atoms with Crippen molar-refractivity contribution in [1.82, 2.24) is 4.98 Å². The summed E-state index contributed by atoms with van der Waals surface area (Å²) in [5, 5.41) is 1.13. The molecule has 2 N–H and O–H groups in total. The van der Waals surface area contributed by atoms with Gasteiger partial charge in [0.25, 0.3) is 0 Å². The van der Waals surface area contributed by atoms with Gasteiger partial charge in [-0.25, -0.2) is 4.98 Å². The molecule has 0 unspecified atom stereocenters. The zero-order valence-electron chi connectivity index (χ0n) is 10.7. The van der Waals surface area contributed by atoms with Gasteiger partial charge in [0.15, 0.2) is 0 Å². The van der Waals surface area contributed by atoms with E-state index in [-0.39, 0.29) is 5.41 Å². The lowest BCUT2D eigenvalue weighted by molar-refractivity contribution is 0.415. The van der Waals surface area contributed by atoms with Crippen molar-refractivity contribution in [3.05, 3.63) is 29.8 Å². The first-order chi connectivity index (χ1) is 7.91. The van der Waals surface area contributed by atoms with Crippen LogP contribution in [0.4, 0.5) is 5.82 Å². The van der Waals surface area contributed by atoms with Gasteiger partial charge in [-0.05, 0) is 29.2 Å². The van der Waals surface area contributed by atoms with E-state index in [1.54, 1.807) is 7.11 Å². The second-order valence-corrected chi connectivity index (χ2v) is 5.23. The van der Waals surface area contributed by atoms with Gasteiger partial charge in [-0.2, -0.15) is 0 Å². The number of pyridine rings is 1. The molecular formula is C14H18N2O. The minimum atomic E-state index is 0.0455. The Bertz CT molecular complexity index is 556. The standard InChI is InChI=1S/C14H18N2O/c1-14(2,3)11-8-13(15)16-12-7-9(17-4)5-6-10(11)12/h5-8H,1-4H3,(H2,15,16). The lowest BCUT2D eigenvalue weighted by Crippen LogP contribution is -2.13. The number of anilines is 1. The number of benzene rings is 1. The summed E-state index contributed by atoms with van der Waals surface area (Å²) in [7, 11) is 1.65. The molecule has 3 heteroatoms. The second kappa shape index (κ2) is 3.91. The highest BCUT2D eigenvalue weighted by Gasteiger charge is 2.18. The molecule has 0 fully saturated rings. The fourth-order valence-corrected chi connectivity index (χ4v) is 1.98. The Morgan fingerprint density at radius 2 is 1.88 bits per heavy atom. The van der Waals surface area contributed by atoms with E-state index < -0.39 is 0 Å². The molecule has 0 radical (unpaired) electrons. The van der Waals surface area contributed by atoms with Crippen molar-refractivity contribution in [1.29, 1.82) is 0 Å². The van der Waals surface area contributed by atoms with Crippen LogP contribution in [0, 0.1) is 0 Å². The molecule has 2 rings (SSSR count). The normalized spacial score (nSPS) is 11.8. The number of fused-ring (bicyclic) bond motifs is 1. The van der Waals surface area contributed by atoms with Gasteiger partial charge in [-0.1, -0.05) is 20.8 Å². The average molecular weight is 230 g/mol. The highest BCUT2D eigenvalue weighted by atomic mass is 16.5. The van der Waals surface area contributed by atoms with E-state index in [0.717, 1.165) is 16.7 Å². The van der Waals surface area contributed by atoms with E-state index in [9.17, 15) is 0 Å². The third-order valence-electron chi connectivity index (χ3n) is 2.84. The smallest absolute Gasteiger partial charge is 0.124 e. The molecule has 0 aliphatic heterocycles. The maximum Gasteiger partial charge on any atom is 0.124 e. The molecule has 3 nitrogen and oxygen atoms in total. The third kappa shape index (κ3) is 2.18. The quantitative estimate of drug-likeness (QED) is 0.818. The van der Waals surface area contributed by atoms with Gasteiger partial charge in [0.05, 0.1) is 12.6 Å². The first-order valence-corrected chi connectivity index (χ1v) is 5.66. The molecule has 0 saturated heterocycles. The van der Waals surface area contributed by atoms with E-state index in [2.05, 4.69) is 25.8 Å². The number of hydrogen-bond acceptors (Lipinski definition) is 3. The Morgan fingerprint density at radius 1 is 1.18 bits per heavy atom. The molecule has 1 heterocycles. The average Bonchev–Trinajstić information content (AvgIpc) is 2.25. The van der Waals surface area contributed by atoms with E-state index in [1.165, 1.54) is 5.56 Å². The zero-order chi connectivity index (χ0) is 12.6. The number of ether oxygens (including phenoxy) is 1. The van der Waals surface area contributed by atoms with Crippen molar-refractivity contribution in [3.8, 4) is 5.75 Å². The fraction of sp³-hybridized carbons (Fsp3) is 0.357. The molecule has 2 aromatic rings. The summed E-state index contributed by atoms with van der Waals surface area (Å²) in [4.78, 5) is 4.36. The number of hydrogen-bond donors (Lipinski definition) is 1. The van der Waals surface area contributed by atoms with Crippen molar-refractivity contribution in [2.24, 2.45) is 0 Å². The number of aromatic nitrogens is 1. The molecule has 0 aliphatic rings. The number of nitrogen functional groups attached to an aromatic ring is 1. The van der Waals surface area contributed by atoms with Gasteiger partial charge in [0.1, 0.15) is 11.6 Å². The molecule has 90 valence electrons. The van der Waals surface area contributed by atoms with E-state index in [0.29, 0.717) is 5.82 Å². The van der Waals surface area contributed by atoms with E-state index in [4.69, 9.17) is 10.5 Å². The Hall–Kier alpha value is -1.77. The topological polar surface area (TPSA) is 48.1 Å². The van der Waals surface area contributed by atoms with Crippen molar-refractivity contribution >= 4 is 16.7 Å². The summed E-state index contributed by atoms with van der Waals surface area (Å²) in [6.07, 6.45) is 0. The van der Waals surface area contributed by atoms with Gasteiger partial charge >= 0.3 is 0 Å². The highest BCUT2D eigenvalue weighted by Crippen LogP contribution is 2.32. The van der Waals surface area contributed by atoms with Crippen LogP contribution in [-0.2, 0) is 5.41 Å². The predicted octanol–water partition coefficient (Wildman–Crippen LogP) is 3.12. The molecule has 1 aromatic heterocycles. The van der Waals surface area contributed by atoms with Crippen molar-refractivity contribution in [2.45, 2.75) is 26.2 Å². The molecule has 17 heavy (non-hydrogen) atoms. The van der Waals surface area contributed by atoms with Crippen molar-refractivity contribution < 1.29 is 4.74 Å². The van der Waals surface area contributed by atoms with Crippen LogP contribution < -0.4 is 10.5 Å². The molecular weight excluding hydrogens is 212 g/mol. The van der Waals surface area contributed by atoms with Crippen molar-refractivity contribution in [2.75, 3.05) is 12.8 Å². The lowest BCUT2D eigenvalue weighted by Gasteiger charge is -2.21. The number of rotatable bonds is 1. The van der Waals surface area contributed by atoms with Crippen LogP contribution in [0.1, 0.15) is 26.3 Å². The first-order valence-electron chi connectivity index (χ1n) is 5.66. The maximum atomic E-state index is 5.86. The molecule has 1 aromatic carbocycles. The number of nitrogens with zero attached hydrogens (tertiary/aromatic N) is 1. The SMILES string of the molecule is COc1ccc2c(C(C)(C)C)cc(N)nc2c1. The monoisotopic (exact) mass is 230 g/mol. The van der Waals surface area contributed by atoms with Crippen LogP contribution in [-0.4, -0.2) is 12.1 Å². The van der Waals surface area contributed by atoms with Gasteiger partial charge in [-0.3, -0.25) is 0 Å². The summed E-state index contributed by atoms with van der Waals surface area (Å²) in [6.45, 7) is 6.52. The maximum absolute atomic E-state index is 5.86. The number of methoxy groups -OCH3 is 1. The molecule has 0 spiro atoms. The fourth-order valence-electron chi connectivity index (χ4n) is 1.98. The lowest BCUT2D eigenvalue weighted by atomic mass is 9.85. The summed E-state index contributed by atoms with van der Waals surface area (Å²) >= 11 is 0. The van der Waals surface area contributed by atoms with Crippen LogP contribution in [0.15, 0.2) is 24.3 Å². The minimum Gasteiger partial charge on any atom is -0.497 e. The summed E-state index contributed by atoms with van der Waals surface area (Å²) in [5.41, 5.74) is 8.00. The summed E-state index contributed by atoms with van der Waals surface area (Å²) in [5.74, 6) is 1.35. The van der Waals surface area contributed by atoms with Crippen molar-refractivity contribution in [3.63, 3.8) is 0 Å². The second-order valence-electron chi connectivity index (χ2n) is 5.23. The van der Waals surface area contributed by atoms with Gasteiger partial charge in [0, 0.05) is 11.5 Å². The predicted molar refractivity (Wildman–Crippen MR) is 71.4 cm³/mol. The largest absolute Gasteiger partial charge is 0.497 e. The number of nitrogens with two attached hydrogens (primary N) is 1. The Morgan fingerprint density at radius 3 is 2.47 bits per heavy atom. The molecule has 0 amide bonds. The zero-order valence-corrected chi connectivity index (χ0v) is 10.7. The summed E-state index contributed by atoms with van der Waals surface area (Å²) < 4.78 is 5.21. The Kier molecular flexibility index (Phi) is 2.69.